The molecule has 86 valence electrons. The molecule has 0 aromatic carbocycles. The molecule has 0 fully saturated rings. The molecule has 0 atom stereocenters. The minimum atomic E-state index is -4.94. The average molecular weight is 297 g/mol. The molecule has 0 aliphatic rings. The maximum atomic E-state index is 11.9. The molecular formula is C8H4BrF3N2O2. The van der Waals surface area contributed by atoms with Gasteiger partial charge >= 0.3 is 6.18 Å². The van der Waals surface area contributed by atoms with Crippen LogP contribution in [0.3, 0.4) is 0 Å². The van der Waals surface area contributed by atoms with Crippen LogP contribution in [0.25, 0.3) is 0 Å². The Hall–Kier alpha value is -1.44. The first-order chi connectivity index (χ1) is 7.30. The molecule has 1 aromatic heterocycles. The van der Waals surface area contributed by atoms with Crippen molar-refractivity contribution >= 4 is 21.7 Å². The summed E-state index contributed by atoms with van der Waals surface area (Å²) in [6.07, 6.45) is -3.68. The number of hydrogen-bond acceptors (Lipinski definition) is 4. The van der Waals surface area contributed by atoms with E-state index in [4.69, 9.17) is 5.11 Å². The van der Waals surface area contributed by atoms with Gasteiger partial charge in [0, 0.05) is 12.3 Å². The second-order valence-corrected chi connectivity index (χ2v) is 3.31. The molecule has 1 heterocycles. The topological polar surface area (TPSA) is 63.1 Å². The van der Waals surface area contributed by atoms with E-state index in [1.807, 2.05) is 0 Å². The fourth-order valence-electron chi connectivity index (χ4n) is 0.752. The van der Waals surface area contributed by atoms with Crippen molar-refractivity contribution in [2.75, 3.05) is 0 Å². The lowest BCUT2D eigenvalue weighted by atomic mass is 10.2. The van der Waals surface area contributed by atoms with Gasteiger partial charge in [-0.2, -0.15) is 13.2 Å². The van der Waals surface area contributed by atoms with Crippen LogP contribution in [0.5, 0.6) is 0 Å². The number of halogens is 4. The standard InChI is InChI=1S/C8H4BrF3N2O2/c9-7-13-2-1-4(14-7)5(15)3-6(16)8(10,11)12/h1-3,16H/b6-3-. The van der Waals surface area contributed by atoms with E-state index >= 15 is 0 Å². The minimum absolute atomic E-state index is 0.0643. The van der Waals surface area contributed by atoms with E-state index in [2.05, 4.69) is 25.9 Å². The van der Waals surface area contributed by atoms with Gasteiger partial charge in [0.05, 0.1) is 0 Å². The van der Waals surface area contributed by atoms with Gasteiger partial charge in [-0.15, -0.1) is 0 Å². The Morgan fingerprint density at radius 2 is 2.12 bits per heavy atom. The fourth-order valence-corrected chi connectivity index (χ4v) is 1.06. The number of aromatic nitrogens is 2. The summed E-state index contributed by atoms with van der Waals surface area (Å²) in [4.78, 5) is 18.3. The lowest BCUT2D eigenvalue weighted by Gasteiger charge is -2.03. The summed E-state index contributed by atoms with van der Waals surface area (Å²) < 4.78 is 35.7. The number of hydrogen-bond donors (Lipinski definition) is 1. The smallest absolute Gasteiger partial charge is 0.448 e. The second-order valence-electron chi connectivity index (χ2n) is 2.60. The third kappa shape index (κ3) is 3.30. The summed E-state index contributed by atoms with van der Waals surface area (Å²) in [5.41, 5.74) is -0.252. The number of aliphatic hydroxyl groups is 1. The maximum absolute atomic E-state index is 11.9. The van der Waals surface area contributed by atoms with Crippen LogP contribution in [-0.4, -0.2) is 27.0 Å². The number of carbonyl (C=O) groups excluding carboxylic acids is 1. The van der Waals surface area contributed by atoms with Crippen LogP contribution in [0.2, 0.25) is 0 Å². The van der Waals surface area contributed by atoms with Crippen LogP contribution in [0.1, 0.15) is 10.5 Å². The zero-order chi connectivity index (χ0) is 12.3. The van der Waals surface area contributed by atoms with Crippen LogP contribution >= 0.6 is 15.9 Å². The SMILES string of the molecule is O=C(/C=C(\O)C(F)(F)F)c1ccnc(Br)n1. The molecule has 4 nitrogen and oxygen atoms in total. The molecule has 0 spiro atoms. The molecule has 0 saturated carbocycles. The molecule has 0 aliphatic carbocycles. The molecule has 1 N–H and O–H groups in total. The average Bonchev–Trinajstić information content (AvgIpc) is 2.16. The van der Waals surface area contributed by atoms with Gasteiger partial charge in [0.1, 0.15) is 5.69 Å². The predicted octanol–water partition coefficient (Wildman–Crippen LogP) is 2.43. The molecule has 0 radical (unpaired) electrons. The highest BCUT2D eigenvalue weighted by Gasteiger charge is 2.34. The Balaban J connectivity index is 2.97. The van der Waals surface area contributed by atoms with Crippen LogP contribution in [0, 0.1) is 0 Å². The van der Waals surface area contributed by atoms with Crippen molar-refractivity contribution in [3.8, 4) is 0 Å². The van der Waals surface area contributed by atoms with E-state index < -0.39 is 17.7 Å². The number of ketones is 1. The zero-order valence-corrected chi connectivity index (χ0v) is 9.08. The van der Waals surface area contributed by atoms with Gasteiger partial charge in [-0.05, 0) is 22.0 Å². The molecule has 1 aromatic rings. The number of allylic oxidation sites excluding steroid dienone is 2. The molecule has 0 saturated heterocycles. The molecule has 0 bridgehead atoms. The highest BCUT2D eigenvalue weighted by molar-refractivity contribution is 9.10. The van der Waals surface area contributed by atoms with Gasteiger partial charge in [0.25, 0.3) is 0 Å². The lowest BCUT2D eigenvalue weighted by Crippen LogP contribution is -2.13. The summed E-state index contributed by atoms with van der Waals surface area (Å²) in [6.45, 7) is 0. The molecule has 16 heavy (non-hydrogen) atoms. The first-order valence-electron chi connectivity index (χ1n) is 3.81. The molecule has 0 amide bonds. The lowest BCUT2D eigenvalue weighted by molar-refractivity contribution is -0.120. The van der Waals surface area contributed by atoms with Gasteiger partial charge in [0.2, 0.25) is 11.5 Å². The van der Waals surface area contributed by atoms with Gasteiger partial charge in [-0.25, -0.2) is 9.97 Å². The Kier molecular flexibility index (Phi) is 3.63. The Morgan fingerprint density at radius 3 is 2.62 bits per heavy atom. The van der Waals surface area contributed by atoms with Crippen molar-refractivity contribution in [1.82, 2.24) is 9.97 Å². The highest BCUT2D eigenvalue weighted by atomic mass is 79.9. The molecular weight excluding hydrogens is 293 g/mol. The quantitative estimate of drug-likeness (QED) is 0.394. The summed E-state index contributed by atoms with van der Waals surface area (Å²) >= 11 is 2.86. The molecule has 8 heteroatoms. The monoisotopic (exact) mass is 296 g/mol. The summed E-state index contributed by atoms with van der Waals surface area (Å²) in [7, 11) is 0. The van der Waals surface area contributed by atoms with Crippen LogP contribution < -0.4 is 0 Å². The number of aliphatic hydroxyl groups excluding tert-OH is 1. The van der Waals surface area contributed by atoms with Crippen LogP contribution in [0.15, 0.2) is 28.8 Å². The number of rotatable bonds is 2. The van der Waals surface area contributed by atoms with Crippen LogP contribution in [-0.2, 0) is 0 Å². The van der Waals surface area contributed by atoms with Crippen molar-refractivity contribution in [1.29, 1.82) is 0 Å². The number of alkyl halides is 3. The second kappa shape index (κ2) is 4.60. The van der Waals surface area contributed by atoms with E-state index in [9.17, 15) is 18.0 Å². The predicted molar refractivity (Wildman–Crippen MR) is 50.8 cm³/mol. The van der Waals surface area contributed by atoms with Crippen molar-refractivity contribution in [3.63, 3.8) is 0 Å². The van der Waals surface area contributed by atoms with Crippen molar-refractivity contribution in [3.05, 3.63) is 34.5 Å². The maximum Gasteiger partial charge on any atom is 0.448 e. The van der Waals surface area contributed by atoms with Crippen LogP contribution in [0.4, 0.5) is 13.2 Å². The first kappa shape index (κ1) is 12.6. The Morgan fingerprint density at radius 1 is 1.50 bits per heavy atom. The van der Waals surface area contributed by atoms with Crippen molar-refractivity contribution in [2.45, 2.75) is 6.18 Å². The van der Waals surface area contributed by atoms with E-state index in [1.54, 1.807) is 0 Å². The normalized spacial score (nSPS) is 12.6. The largest absolute Gasteiger partial charge is 0.504 e. The van der Waals surface area contributed by atoms with Gasteiger partial charge in [-0.3, -0.25) is 4.79 Å². The first-order valence-corrected chi connectivity index (χ1v) is 4.61. The number of nitrogens with zero attached hydrogens (tertiary/aromatic N) is 2. The highest BCUT2D eigenvalue weighted by Crippen LogP contribution is 2.23. The third-order valence-corrected chi connectivity index (χ3v) is 1.82. The van der Waals surface area contributed by atoms with Gasteiger partial charge in [-0.1, -0.05) is 0 Å². The Bertz CT molecular complexity index is 445. The number of carbonyl (C=O) groups is 1. The summed E-state index contributed by atoms with van der Waals surface area (Å²) in [6, 6.07) is 1.13. The summed E-state index contributed by atoms with van der Waals surface area (Å²) in [5, 5.41) is 8.55. The Labute approximate surface area is 96.0 Å². The van der Waals surface area contributed by atoms with Gasteiger partial charge in [0.15, 0.2) is 4.73 Å². The van der Waals surface area contributed by atoms with E-state index in [0.29, 0.717) is 0 Å². The molecule has 1 rings (SSSR count). The zero-order valence-electron chi connectivity index (χ0n) is 7.49. The van der Waals surface area contributed by atoms with E-state index in [-0.39, 0.29) is 16.5 Å². The van der Waals surface area contributed by atoms with Crippen molar-refractivity contribution < 1.29 is 23.1 Å². The third-order valence-electron chi connectivity index (χ3n) is 1.44. The molecule has 0 aliphatic heterocycles. The van der Waals surface area contributed by atoms with E-state index in [1.165, 1.54) is 6.20 Å². The van der Waals surface area contributed by atoms with Crippen molar-refractivity contribution in [2.24, 2.45) is 0 Å². The minimum Gasteiger partial charge on any atom is -0.504 e. The molecule has 0 unspecified atom stereocenters. The van der Waals surface area contributed by atoms with Gasteiger partial charge < -0.3 is 5.11 Å². The summed E-state index contributed by atoms with van der Waals surface area (Å²) in [5.74, 6) is -3.02. The fraction of sp³-hybridized carbons (Fsp3) is 0.125. The van der Waals surface area contributed by atoms with E-state index in [0.717, 1.165) is 6.07 Å².